The smallest absolute Gasteiger partial charge is 0.336 e. The van der Waals surface area contributed by atoms with Gasteiger partial charge in [0.15, 0.2) is 0 Å². The highest BCUT2D eigenvalue weighted by Crippen LogP contribution is 2.22. The molecule has 0 spiro atoms. The highest BCUT2D eigenvalue weighted by Gasteiger charge is 2.06. The maximum atomic E-state index is 10.5. The number of carboxylic acid groups (broad SMARTS) is 1. The van der Waals surface area contributed by atoms with Gasteiger partial charge in [0.2, 0.25) is 0 Å². The Morgan fingerprint density at radius 3 is 2.28 bits per heavy atom. The fourth-order valence-electron chi connectivity index (χ4n) is 2.21. The summed E-state index contributed by atoms with van der Waals surface area (Å²) in [5.41, 5.74) is 6.28. The third-order valence-corrected chi connectivity index (χ3v) is 3.36. The highest BCUT2D eigenvalue weighted by atomic mass is 16.4. The van der Waals surface area contributed by atoms with Crippen molar-refractivity contribution >= 4 is 5.97 Å². The van der Waals surface area contributed by atoms with Crippen LogP contribution in [0.15, 0.2) is 24.3 Å². The van der Waals surface area contributed by atoms with E-state index in [0.29, 0.717) is 5.56 Å². The van der Waals surface area contributed by atoms with Gasteiger partial charge in [-0.3, -0.25) is 0 Å². The van der Waals surface area contributed by atoms with Gasteiger partial charge in [0, 0.05) is 6.54 Å². The number of carboxylic acids is 1. The molecule has 1 aromatic rings. The van der Waals surface area contributed by atoms with Crippen molar-refractivity contribution in [1.82, 2.24) is 0 Å². The number of nitrogens with two attached hydrogens (primary N) is 1. The predicted molar refractivity (Wildman–Crippen MR) is 73.5 cm³/mol. The Labute approximate surface area is 109 Å². The molecule has 0 bridgehead atoms. The molecule has 1 aliphatic rings. The number of hydrogen-bond acceptors (Lipinski definition) is 2. The molecule has 18 heavy (non-hydrogen) atoms. The van der Waals surface area contributed by atoms with E-state index in [1.807, 2.05) is 0 Å². The lowest BCUT2D eigenvalue weighted by molar-refractivity contribution is 0.0695. The van der Waals surface area contributed by atoms with Crippen LogP contribution in [0.5, 0.6) is 0 Å². The standard InChI is InChI=1S/C8H9NO2.C7H14/c9-5-6-3-1-2-4-7(6)8(10)11;1-7-5-3-2-4-6-7/h1-4H,5,9H2,(H,10,11);7H,2-6H2,1H3. The highest BCUT2D eigenvalue weighted by molar-refractivity contribution is 5.89. The SMILES string of the molecule is CC1CCCCC1.NCc1ccccc1C(=O)O. The molecule has 0 heterocycles. The van der Waals surface area contributed by atoms with Gasteiger partial charge in [-0.05, 0) is 17.5 Å². The monoisotopic (exact) mass is 249 g/mol. The van der Waals surface area contributed by atoms with Crippen LogP contribution in [0.2, 0.25) is 0 Å². The molecule has 3 heteroatoms. The minimum atomic E-state index is -0.925. The average Bonchev–Trinajstić information content (AvgIpc) is 2.40. The maximum Gasteiger partial charge on any atom is 0.336 e. The Hall–Kier alpha value is -1.35. The maximum absolute atomic E-state index is 10.5. The van der Waals surface area contributed by atoms with Crippen molar-refractivity contribution in [2.24, 2.45) is 11.7 Å². The van der Waals surface area contributed by atoms with E-state index in [4.69, 9.17) is 10.8 Å². The summed E-state index contributed by atoms with van der Waals surface area (Å²) in [5, 5.41) is 8.64. The first-order valence-electron chi connectivity index (χ1n) is 6.66. The van der Waals surface area contributed by atoms with Crippen molar-refractivity contribution < 1.29 is 9.90 Å². The van der Waals surface area contributed by atoms with E-state index in [1.165, 1.54) is 32.1 Å². The fraction of sp³-hybridized carbons (Fsp3) is 0.533. The molecular weight excluding hydrogens is 226 g/mol. The Morgan fingerprint density at radius 2 is 1.89 bits per heavy atom. The van der Waals surface area contributed by atoms with Gasteiger partial charge in [0.1, 0.15) is 0 Å². The topological polar surface area (TPSA) is 63.3 Å². The minimum absolute atomic E-state index is 0.266. The molecule has 1 aromatic carbocycles. The number of hydrogen-bond donors (Lipinski definition) is 2. The predicted octanol–water partition coefficient (Wildman–Crippen LogP) is 3.43. The lowest BCUT2D eigenvalue weighted by atomic mass is 9.91. The van der Waals surface area contributed by atoms with Crippen LogP contribution in [0.4, 0.5) is 0 Å². The Bertz CT molecular complexity index is 371. The van der Waals surface area contributed by atoms with Gasteiger partial charge in [-0.1, -0.05) is 57.2 Å². The Kier molecular flexibility index (Phi) is 6.44. The van der Waals surface area contributed by atoms with Crippen LogP contribution in [-0.2, 0) is 6.54 Å². The zero-order chi connectivity index (χ0) is 13.4. The van der Waals surface area contributed by atoms with E-state index >= 15 is 0 Å². The molecule has 0 amide bonds. The summed E-state index contributed by atoms with van der Waals surface area (Å²) >= 11 is 0. The van der Waals surface area contributed by atoms with Gasteiger partial charge in [-0.2, -0.15) is 0 Å². The second kappa shape index (κ2) is 7.88. The lowest BCUT2D eigenvalue weighted by Gasteiger charge is -2.15. The molecule has 0 radical (unpaired) electrons. The minimum Gasteiger partial charge on any atom is -0.478 e. The van der Waals surface area contributed by atoms with E-state index < -0.39 is 5.97 Å². The molecule has 2 rings (SSSR count). The molecule has 0 aliphatic heterocycles. The summed E-state index contributed by atoms with van der Waals surface area (Å²) < 4.78 is 0. The zero-order valence-corrected chi connectivity index (χ0v) is 11.1. The quantitative estimate of drug-likeness (QED) is 0.844. The van der Waals surface area contributed by atoms with Crippen LogP contribution >= 0.6 is 0 Å². The molecular formula is C15H23NO2. The van der Waals surface area contributed by atoms with Gasteiger partial charge >= 0.3 is 5.97 Å². The van der Waals surface area contributed by atoms with Crippen LogP contribution in [0.3, 0.4) is 0 Å². The number of benzene rings is 1. The van der Waals surface area contributed by atoms with E-state index in [0.717, 1.165) is 5.92 Å². The fourth-order valence-corrected chi connectivity index (χ4v) is 2.21. The summed E-state index contributed by atoms with van der Waals surface area (Å²) in [4.78, 5) is 10.5. The van der Waals surface area contributed by atoms with Crippen LogP contribution < -0.4 is 5.73 Å². The third-order valence-electron chi connectivity index (χ3n) is 3.36. The van der Waals surface area contributed by atoms with Crippen molar-refractivity contribution in [3.05, 3.63) is 35.4 Å². The normalized spacial score (nSPS) is 15.7. The van der Waals surface area contributed by atoms with Crippen LogP contribution in [-0.4, -0.2) is 11.1 Å². The molecule has 1 aliphatic carbocycles. The van der Waals surface area contributed by atoms with Gasteiger partial charge < -0.3 is 10.8 Å². The first-order valence-corrected chi connectivity index (χ1v) is 6.66. The summed E-state index contributed by atoms with van der Waals surface area (Å²) in [7, 11) is 0. The summed E-state index contributed by atoms with van der Waals surface area (Å²) in [6.07, 6.45) is 7.44. The second-order valence-electron chi connectivity index (χ2n) is 4.91. The van der Waals surface area contributed by atoms with E-state index in [1.54, 1.807) is 24.3 Å². The van der Waals surface area contributed by atoms with Gasteiger partial charge in [-0.15, -0.1) is 0 Å². The van der Waals surface area contributed by atoms with Crippen LogP contribution in [0, 0.1) is 5.92 Å². The van der Waals surface area contributed by atoms with Crippen molar-refractivity contribution in [2.45, 2.75) is 45.6 Å². The zero-order valence-electron chi connectivity index (χ0n) is 11.1. The molecule has 0 saturated heterocycles. The van der Waals surface area contributed by atoms with Gasteiger partial charge in [0.05, 0.1) is 5.56 Å². The van der Waals surface area contributed by atoms with Crippen LogP contribution in [0.1, 0.15) is 54.9 Å². The van der Waals surface area contributed by atoms with Crippen molar-refractivity contribution in [3.8, 4) is 0 Å². The van der Waals surface area contributed by atoms with E-state index in [2.05, 4.69) is 6.92 Å². The average molecular weight is 249 g/mol. The summed E-state index contributed by atoms with van der Waals surface area (Å²) in [6.45, 7) is 2.63. The van der Waals surface area contributed by atoms with E-state index in [9.17, 15) is 4.79 Å². The molecule has 1 saturated carbocycles. The van der Waals surface area contributed by atoms with Crippen molar-refractivity contribution in [2.75, 3.05) is 0 Å². The molecule has 1 fully saturated rings. The molecule has 0 unspecified atom stereocenters. The first-order chi connectivity index (χ1) is 8.65. The molecule has 0 aromatic heterocycles. The second-order valence-corrected chi connectivity index (χ2v) is 4.91. The van der Waals surface area contributed by atoms with Crippen molar-refractivity contribution in [3.63, 3.8) is 0 Å². The first kappa shape index (κ1) is 14.7. The molecule has 100 valence electrons. The largest absolute Gasteiger partial charge is 0.478 e. The van der Waals surface area contributed by atoms with Crippen molar-refractivity contribution in [1.29, 1.82) is 0 Å². The van der Waals surface area contributed by atoms with E-state index in [-0.39, 0.29) is 12.1 Å². The molecule has 3 N–H and O–H groups in total. The summed E-state index contributed by atoms with van der Waals surface area (Å²) in [6, 6.07) is 6.71. The van der Waals surface area contributed by atoms with Gasteiger partial charge in [0.25, 0.3) is 0 Å². The third kappa shape index (κ3) is 4.88. The number of aromatic carboxylic acids is 1. The number of carbonyl (C=O) groups is 1. The Balaban J connectivity index is 0.000000199. The molecule has 3 nitrogen and oxygen atoms in total. The summed E-state index contributed by atoms with van der Waals surface area (Å²) in [5.74, 6) is 0.111. The molecule has 0 atom stereocenters. The lowest BCUT2D eigenvalue weighted by Crippen LogP contribution is -2.05. The van der Waals surface area contributed by atoms with Crippen LogP contribution in [0.25, 0.3) is 0 Å². The Morgan fingerprint density at radius 1 is 1.28 bits per heavy atom. The number of rotatable bonds is 2. The van der Waals surface area contributed by atoms with Gasteiger partial charge in [-0.25, -0.2) is 4.79 Å².